The average Bonchev–Trinajstić information content (AvgIpc) is 2.46. The SMILES string of the molecule is CCCCCC(NC(=O)c1ccccc1)C(=O)NO. The topological polar surface area (TPSA) is 78.4 Å². The Bertz CT molecular complexity index is 406. The second kappa shape index (κ2) is 8.26. The first-order valence-corrected chi connectivity index (χ1v) is 6.49. The van der Waals surface area contributed by atoms with Crippen LogP contribution in [0.25, 0.3) is 0 Å². The number of benzene rings is 1. The van der Waals surface area contributed by atoms with Crippen LogP contribution in [0.1, 0.15) is 43.0 Å². The molecule has 1 atom stereocenters. The number of rotatable bonds is 7. The smallest absolute Gasteiger partial charge is 0.265 e. The summed E-state index contributed by atoms with van der Waals surface area (Å²) in [6.45, 7) is 2.06. The Balaban J connectivity index is 2.61. The van der Waals surface area contributed by atoms with E-state index in [1.807, 2.05) is 6.07 Å². The maximum Gasteiger partial charge on any atom is 0.265 e. The molecule has 0 aromatic heterocycles. The van der Waals surface area contributed by atoms with E-state index < -0.39 is 11.9 Å². The van der Waals surface area contributed by atoms with E-state index in [1.54, 1.807) is 29.7 Å². The quantitative estimate of drug-likeness (QED) is 0.399. The summed E-state index contributed by atoms with van der Waals surface area (Å²) >= 11 is 0. The van der Waals surface area contributed by atoms with Gasteiger partial charge in [0.05, 0.1) is 0 Å². The van der Waals surface area contributed by atoms with E-state index in [1.165, 1.54) is 0 Å². The summed E-state index contributed by atoms with van der Waals surface area (Å²) in [6, 6.07) is 7.98. The van der Waals surface area contributed by atoms with Crippen LogP contribution in [0.5, 0.6) is 0 Å². The van der Waals surface area contributed by atoms with Crippen molar-refractivity contribution >= 4 is 11.8 Å². The molecule has 0 radical (unpaired) electrons. The molecule has 1 rings (SSSR count). The summed E-state index contributed by atoms with van der Waals surface area (Å²) in [6.07, 6.45) is 3.35. The van der Waals surface area contributed by atoms with Gasteiger partial charge in [0.15, 0.2) is 0 Å². The number of hydroxylamine groups is 1. The van der Waals surface area contributed by atoms with Gasteiger partial charge in [-0.3, -0.25) is 14.8 Å². The van der Waals surface area contributed by atoms with Gasteiger partial charge in [0.2, 0.25) is 0 Å². The minimum absolute atomic E-state index is 0.314. The number of amides is 2. The summed E-state index contributed by atoms with van der Waals surface area (Å²) in [7, 11) is 0. The van der Waals surface area contributed by atoms with Crippen molar-refractivity contribution in [2.45, 2.75) is 38.6 Å². The predicted octanol–water partition coefficient (Wildman–Crippen LogP) is 1.87. The van der Waals surface area contributed by atoms with Gasteiger partial charge in [0.25, 0.3) is 11.8 Å². The molecule has 0 heterocycles. The standard InChI is InChI=1S/C14H20N2O3/c1-2-3-5-10-12(14(18)16-19)15-13(17)11-8-6-4-7-9-11/h4,6-9,12,19H,2-3,5,10H2,1H3,(H,15,17)(H,16,18). The van der Waals surface area contributed by atoms with Crippen molar-refractivity contribution in [1.29, 1.82) is 0 Å². The van der Waals surface area contributed by atoms with E-state index in [0.717, 1.165) is 19.3 Å². The summed E-state index contributed by atoms with van der Waals surface area (Å²) in [4.78, 5) is 23.4. The Morgan fingerprint density at radius 3 is 2.47 bits per heavy atom. The van der Waals surface area contributed by atoms with Gasteiger partial charge in [-0.15, -0.1) is 0 Å². The molecule has 0 saturated carbocycles. The zero-order valence-corrected chi connectivity index (χ0v) is 11.1. The number of carbonyl (C=O) groups is 2. The normalized spacial score (nSPS) is 11.7. The van der Waals surface area contributed by atoms with E-state index >= 15 is 0 Å². The highest BCUT2D eigenvalue weighted by molar-refractivity contribution is 5.97. The van der Waals surface area contributed by atoms with Crippen molar-refractivity contribution in [1.82, 2.24) is 10.8 Å². The van der Waals surface area contributed by atoms with Crippen molar-refractivity contribution < 1.29 is 14.8 Å². The monoisotopic (exact) mass is 264 g/mol. The molecule has 0 aliphatic heterocycles. The molecule has 3 N–H and O–H groups in total. The maximum absolute atomic E-state index is 11.9. The van der Waals surface area contributed by atoms with Crippen LogP contribution < -0.4 is 10.8 Å². The van der Waals surface area contributed by atoms with Crippen LogP contribution in [0.15, 0.2) is 30.3 Å². The zero-order valence-electron chi connectivity index (χ0n) is 11.1. The third-order valence-corrected chi connectivity index (χ3v) is 2.86. The lowest BCUT2D eigenvalue weighted by Gasteiger charge is -2.16. The highest BCUT2D eigenvalue weighted by atomic mass is 16.5. The lowest BCUT2D eigenvalue weighted by atomic mass is 10.1. The van der Waals surface area contributed by atoms with Crippen LogP contribution in [0, 0.1) is 0 Å². The van der Waals surface area contributed by atoms with Gasteiger partial charge in [-0.2, -0.15) is 0 Å². The molecule has 1 unspecified atom stereocenters. The minimum Gasteiger partial charge on any atom is -0.340 e. The molecule has 5 heteroatoms. The van der Waals surface area contributed by atoms with Gasteiger partial charge < -0.3 is 5.32 Å². The fourth-order valence-electron chi connectivity index (χ4n) is 1.78. The van der Waals surface area contributed by atoms with E-state index in [4.69, 9.17) is 5.21 Å². The molecular formula is C14H20N2O3. The Morgan fingerprint density at radius 1 is 1.21 bits per heavy atom. The Labute approximate surface area is 113 Å². The molecule has 0 saturated heterocycles. The predicted molar refractivity (Wildman–Crippen MR) is 71.8 cm³/mol. The number of hydrogen-bond acceptors (Lipinski definition) is 3. The second-order valence-corrected chi connectivity index (χ2v) is 4.36. The number of carbonyl (C=O) groups excluding carboxylic acids is 2. The molecule has 0 aliphatic carbocycles. The Hall–Kier alpha value is -1.88. The van der Waals surface area contributed by atoms with Crippen LogP contribution in [-0.4, -0.2) is 23.1 Å². The van der Waals surface area contributed by atoms with Crippen LogP contribution in [0.4, 0.5) is 0 Å². The lowest BCUT2D eigenvalue weighted by Crippen LogP contribution is -2.45. The van der Waals surface area contributed by atoms with Gasteiger partial charge in [-0.1, -0.05) is 44.4 Å². The van der Waals surface area contributed by atoms with Crippen LogP contribution in [0.2, 0.25) is 0 Å². The molecule has 0 spiro atoms. The first-order chi connectivity index (χ1) is 9.19. The Kier molecular flexibility index (Phi) is 6.60. The summed E-state index contributed by atoms with van der Waals surface area (Å²) < 4.78 is 0. The number of nitrogens with one attached hydrogen (secondary N) is 2. The fourth-order valence-corrected chi connectivity index (χ4v) is 1.78. The Morgan fingerprint density at radius 2 is 1.89 bits per heavy atom. The summed E-state index contributed by atoms with van der Waals surface area (Å²) in [5.74, 6) is -0.897. The first-order valence-electron chi connectivity index (χ1n) is 6.49. The third-order valence-electron chi connectivity index (χ3n) is 2.86. The van der Waals surface area contributed by atoms with E-state index in [0.29, 0.717) is 12.0 Å². The van der Waals surface area contributed by atoms with Crippen molar-refractivity contribution in [3.8, 4) is 0 Å². The molecule has 0 fully saturated rings. The molecule has 2 amide bonds. The van der Waals surface area contributed by atoms with Gasteiger partial charge in [-0.05, 0) is 18.6 Å². The van der Waals surface area contributed by atoms with Gasteiger partial charge in [0, 0.05) is 5.56 Å². The third kappa shape index (κ3) is 5.09. The molecule has 0 bridgehead atoms. The van der Waals surface area contributed by atoms with Gasteiger partial charge in [0.1, 0.15) is 6.04 Å². The van der Waals surface area contributed by atoms with Crippen LogP contribution in [0.3, 0.4) is 0 Å². The van der Waals surface area contributed by atoms with E-state index in [2.05, 4.69) is 12.2 Å². The highest BCUT2D eigenvalue weighted by Gasteiger charge is 2.20. The summed E-state index contributed by atoms with van der Waals surface area (Å²) in [5.41, 5.74) is 2.09. The highest BCUT2D eigenvalue weighted by Crippen LogP contribution is 2.06. The molecule has 1 aromatic rings. The molecule has 19 heavy (non-hydrogen) atoms. The van der Waals surface area contributed by atoms with E-state index in [9.17, 15) is 9.59 Å². The molecule has 1 aromatic carbocycles. The average molecular weight is 264 g/mol. The lowest BCUT2D eigenvalue weighted by molar-refractivity contribution is -0.131. The van der Waals surface area contributed by atoms with Crippen molar-refractivity contribution in [3.63, 3.8) is 0 Å². The fraction of sp³-hybridized carbons (Fsp3) is 0.429. The van der Waals surface area contributed by atoms with Gasteiger partial charge in [-0.25, -0.2) is 5.48 Å². The molecule has 104 valence electrons. The molecular weight excluding hydrogens is 244 g/mol. The van der Waals surface area contributed by atoms with Crippen LogP contribution >= 0.6 is 0 Å². The van der Waals surface area contributed by atoms with Crippen molar-refractivity contribution in [3.05, 3.63) is 35.9 Å². The number of hydrogen-bond donors (Lipinski definition) is 3. The van der Waals surface area contributed by atoms with Crippen molar-refractivity contribution in [2.75, 3.05) is 0 Å². The molecule has 0 aliphatic rings. The number of unbranched alkanes of at least 4 members (excludes halogenated alkanes) is 2. The minimum atomic E-state index is -0.704. The zero-order chi connectivity index (χ0) is 14.1. The first kappa shape index (κ1) is 15.2. The maximum atomic E-state index is 11.9. The van der Waals surface area contributed by atoms with E-state index in [-0.39, 0.29) is 5.91 Å². The molecule has 5 nitrogen and oxygen atoms in total. The second-order valence-electron chi connectivity index (χ2n) is 4.36. The largest absolute Gasteiger partial charge is 0.340 e. The summed E-state index contributed by atoms with van der Waals surface area (Å²) in [5, 5.41) is 11.3. The van der Waals surface area contributed by atoms with Crippen LogP contribution in [-0.2, 0) is 4.79 Å². The van der Waals surface area contributed by atoms with Gasteiger partial charge >= 0.3 is 0 Å². The van der Waals surface area contributed by atoms with Crippen molar-refractivity contribution in [2.24, 2.45) is 0 Å².